The molecule has 1 unspecified atom stereocenters. The van der Waals surface area contributed by atoms with Gasteiger partial charge in [0.15, 0.2) is 20.7 Å². The number of pyridine rings is 1. The molecule has 0 fully saturated rings. The first kappa shape index (κ1) is 25.6. The van der Waals surface area contributed by atoms with Crippen molar-refractivity contribution in [3.05, 3.63) is 60.6 Å². The molecule has 1 aliphatic heterocycles. The molecule has 4 rings (SSSR count). The molecule has 1 N–H and O–H groups in total. The first-order valence-electron chi connectivity index (χ1n) is 11.5. The zero-order valence-corrected chi connectivity index (χ0v) is 21.8. The van der Waals surface area contributed by atoms with E-state index in [-0.39, 0.29) is 11.1 Å². The number of H-pyrrole nitrogens is 1. The number of hydrogen-bond donors (Lipinski definition) is 1. The van der Waals surface area contributed by atoms with Crippen LogP contribution in [0.1, 0.15) is 13.8 Å². The van der Waals surface area contributed by atoms with Crippen molar-refractivity contribution in [3.63, 3.8) is 0 Å². The van der Waals surface area contributed by atoms with Gasteiger partial charge in [0.2, 0.25) is 0 Å². The Bertz CT molecular complexity index is 1330. The Hall–Kier alpha value is -3.50. The number of aromatic nitrogens is 2. The highest BCUT2D eigenvalue weighted by Gasteiger charge is 2.24. The minimum Gasteiger partial charge on any atom is -0.488 e. The van der Waals surface area contributed by atoms with Crippen LogP contribution < -0.4 is 14.4 Å². The van der Waals surface area contributed by atoms with Crippen molar-refractivity contribution in [1.82, 2.24) is 9.97 Å². The summed E-state index contributed by atoms with van der Waals surface area (Å²) >= 11 is 0. The monoisotopic (exact) mass is 513 g/mol. The van der Waals surface area contributed by atoms with Gasteiger partial charge in [0, 0.05) is 37.2 Å². The van der Waals surface area contributed by atoms with E-state index in [1.807, 2.05) is 31.2 Å². The summed E-state index contributed by atoms with van der Waals surface area (Å²) in [7, 11) is -0.0990. The molecule has 0 saturated heterocycles. The van der Waals surface area contributed by atoms with Crippen molar-refractivity contribution in [2.45, 2.75) is 25.0 Å². The Balaban J connectivity index is 1.64. The third kappa shape index (κ3) is 6.00. The molecule has 1 aromatic carbocycles. The van der Waals surface area contributed by atoms with Crippen LogP contribution >= 0.6 is 0 Å². The Kier molecular flexibility index (Phi) is 7.56. The number of hydrogen-bond acceptors (Lipinski definition) is 8. The summed E-state index contributed by atoms with van der Waals surface area (Å²) in [5.74, 6) is 3.65. The van der Waals surface area contributed by atoms with E-state index in [1.165, 1.54) is 12.3 Å². The standard InChI is InChI=1S/C26H31N3O6S/c1-17-10-26(33-4)29(15-17)24-8-7-23(28-24)19-11-21(34-18(2)16-32-3)13-22(12-19)35-20-6-9-25(27-14-20)36(5,30)31/h6-14,17-18,28H,15-16H2,1-5H3/t17?,18-/m0/s1. The average molecular weight is 514 g/mol. The summed E-state index contributed by atoms with van der Waals surface area (Å²) in [6, 6.07) is 12.6. The first-order chi connectivity index (χ1) is 17.2. The molecule has 0 saturated carbocycles. The van der Waals surface area contributed by atoms with Gasteiger partial charge in [-0.2, -0.15) is 0 Å². The third-order valence-electron chi connectivity index (χ3n) is 5.59. The van der Waals surface area contributed by atoms with Gasteiger partial charge in [0.05, 0.1) is 19.9 Å². The summed E-state index contributed by atoms with van der Waals surface area (Å²) in [5, 5.41) is -0.0133. The molecule has 3 aromatic rings. The quantitative estimate of drug-likeness (QED) is 0.419. The second-order valence-electron chi connectivity index (χ2n) is 8.84. The highest BCUT2D eigenvalue weighted by Crippen LogP contribution is 2.35. The fourth-order valence-electron chi connectivity index (χ4n) is 4.01. The molecule has 2 aromatic heterocycles. The van der Waals surface area contributed by atoms with Crippen LogP contribution in [0.2, 0.25) is 0 Å². The van der Waals surface area contributed by atoms with Crippen LogP contribution in [0.3, 0.4) is 0 Å². The van der Waals surface area contributed by atoms with Crippen molar-refractivity contribution < 1.29 is 27.4 Å². The largest absolute Gasteiger partial charge is 0.488 e. The molecule has 1 aliphatic rings. The maximum absolute atomic E-state index is 11.7. The fourth-order valence-corrected chi connectivity index (χ4v) is 4.57. The Labute approximate surface area is 211 Å². The topological polar surface area (TPSA) is 103 Å². The second kappa shape index (κ2) is 10.6. The molecule has 0 radical (unpaired) electrons. The van der Waals surface area contributed by atoms with Crippen molar-refractivity contribution in [2.75, 3.05) is 38.5 Å². The number of nitrogens with zero attached hydrogens (tertiary/aromatic N) is 2. The number of nitrogens with one attached hydrogen (secondary N) is 1. The van der Waals surface area contributed by atoms with E-state index >= 15 is 0 Å². The van der Waals surface area contributed by atoms with Gasteiger partial charge < -0.3 is 23.9 Å². The number of rotatable bonds is 10. The van der Waals surface area contributed by atoms with Crippen molar-refractivity contribution in [3.8, 4) is 28.5 Å². The lowest BCUT2D eigenvalue weighted by molar-refractivity contribution is 0.0920. The van der Waals surface area contributed by atoms with Gasteiger partial charge in [-0.1, -0.05) is 6.92 Å². The lowest BCUT2D eigenvalue weighted by Crippen LogP contribution is -2.21. The zero-order valence-electron chi connectivity index (χ0n) is 21.0. The Morgan fingerprint density at radius 2 is 1.89 bits per heavy atom. The molecule has 2 atom stereocenters. The smallest absolute Gasteiger partial charge is 0.192 e. The van der Waals surface area contributed by atoms with Crippen LogP contribution in [-0.2, 0) is 19.3 Å². The highest BCUT2D eigenvalue weighted by molar-refractivity contribution is 7.90. The lowest BCUT2D eigenvalue weighted by Gasteiger charge is -2.20. The van der Waals surface area contributed by atoms with Gasteiger partial charge in [-0.15, -0.1) is 0 Å². The predicted octanol–water partition coefficient (Wildman–Crippen LogP) is 4.63. The fraction of sp³-hybridized carbons (Fsp3) is 0.346. The van der Waals surface area contributed by atoms with Gasteiger partial charge in [0.1, 0.15) is 29.2 Å². The summed E-state index contributed by atoms with van der Waals surface area (Å²) in [6.07, 6.45) is 4.43. The number of methoxy groups -OCH3 is 2. The van der Waals surface area contributed by atoms with Gasteiger partial charge in [-0.05, 0) is 55.3 Å². The van der Waals surface area contributed by atoms with E-state index in [9.17, 15) is 8.42 Å². The molecule has 0 spiro atoms. The summed E-state index contributed by atoms with van der Waals surface area (Å²) in [6.45, 7) is 5.32. The maximum Gasteiger partial charge on any atom is 0.192 e. The first-order valence-corrected chi connectivity index (χ1v) is 13.4. The number of ether oxygens (including phenoxy) is 4. The minimum atomic E-state index is -3.39. The van der Waals surface area contributed by atoms with Crippen LogP contribution in [0.25, 0.3) is 11.3 Å². The molecule has 3 heterocycles. The van der Waals surface area contributed by atoms with E-state index in [4.69, 9.17) is 18.9 Å². The normalized spacial score (nSPS) is 16.5. The van der Waals surface area contributed by atoms with Crippen LogP contribution in [0.5, 0.6) is 17.2 Å². The summed E-state index contributed by atoms with van der Waals surface area (Å²) in [5.41, 5.74) is 1.73. The average Bonchev–Trinajstić information content (AvgIpc) is 3.45. The van der Waals surface area contributed by atoms with Crippen LogP contribution in [0.4, 0.5) is 5.82 Å². The van der Waals surface area contributed by atoms with Crippen LogP contribution in [0.15, 0.2) is 65.6 Å². The summed E-state index contributed by atoms with van der Waals surface area (Å²) < 4.78 is 46.2. The van der Waals surface area contributed by atoms with Crippen LogP contribution in [-0.4, -0.2) is 58.1 Å². The molecule has 0 aliphatic carbocycles. The number of aromatic amines is 1. The van der Waals surface area contributed by atoms with Gasteiger partial charge in [0.25, 0.3) is 0 Å². The SMILES string of the molecule is COC[C@H](C)Oc1cc(Oc2ccc(S(C)(=O)=O)nc2)cc(-c2ccc(N3CC(C)C=C3OC)[nH]2)c1. The van der Waals surface area contributed by atoms with Gasteiger partial charge >= 0.3 is 0 Å². The van der Waals surface area contributed by atoms with E-state index in [2.05, 4.69) is 27.9 Å². The summed E-state index contributed by atoms with van der Waals surface area (Å²) in [4.78, 5) is 9.57. The lowest BCUT2D eigenvalue weighted by atomic mass is 10.1. The van der Waals surface area contributed by atoms with Crippen molar-refractivity contribution >= 4 is 15.7 Å². The predicted molar refractivity (Wildman–Crippen MR) is 137 cm³/mol. The molecule has 192 valence electrons. The second-order valence-corrected chi connectivity index (χ2v) is 10.8. The maximum atomic E-state index is 11.7. The highest BCUT2D eigenvalue weighted by atomic mass is 32.2. The number of anilines is 1. The van der Waals surface area contributed by atoms with E-state index in [0.717, 1.165) is 35.8 Å². The third-order valence-corrected chi connectivity index (χ3v) is 6.59. The van der Waals surface area contributed by atoms with E-state index < -0.39 is 9.84 Å². The van der Waals surface area contributed by atoms with Crippen molar-refractivity contribution in [1.29, 1.82) is 0 Å². The zero-order chi connectivity index (χ0) is 25.9. The van der Waals surface area contributed by atoms with Gasteiger partial charge in [-0.25, -0.2) is 13.4 Å². The Morgan fingerprint density at radius 1 is 1.11 bits per heavy atom. The van der Waals surface area contributed by atoms with Crippen LogP contribution in [0, 0.1) is 5.92 Å². The van der Waals surface area contributed by atoms with Gasteiger partial charge in [-0.3, -0.25) is 4.90 Å². The molecule has 10 heteroatoms. The van der Waals surface area contributed by atoms with Crippen molar-refractivity contribution in [2.24, 2.45) is 5.92 Å². The number of benzene rings is 1. The Morgan fingerprint density at radius 3 is 2.56 bits per heavy atom. The molecular weight excluding hydrogens is 482 g/mol. The molecule has 36 heavy (non-hydrogen) atoms. The molecular formula is C26H31N3O6S. The molecule has 9 nitrogen and oxygen atoms in total. The van der Waals surface area contributed by atoms with E-state index in [1.54, 1.807) is 26.4 Å². The molecule has 0 amide bonds. The number of sulfone groups is 1. The minimum absolute atomic E-state index is 0.0133. The van der Waals surface area contributed by atoms with E-state index in [0.29, 0.717) is 29.8 Å². The molecule has 0 bridgehead atoms.